The van der Waals surface area contributed by atoms with Gasteiger partial charge in [-0.2, -0.15) is 0 Å². The number of piperidine rings is 2. The molecule has 1 atom stereocenters. The third kappa shape index (κ3) is 2.93. The van der Waals surface area contributed by atoms with Gasteiger partial charge in [-0.1, -0.05) is 24.6 Å². The van der Waals surface area contributed by atoms with Gasteiger partial charge in [-0.3, -0.25) is 24.6 Å². The molecule has 3 amide bonds. The number of carbonyl (C=O) groups excluding carboxylic acids is 3. The highest BCUT2D eigenvalue weighted by molar-refractivity contribution is 6.05. The van der Waals surface area contributed by atoms with Gasteiger partial charge in [0, 0.05) is 43.7 Å². The SMILES string of the molecule is O=C1CCC(N2Cc3cccc(CN4CC5(CCCCN5)C4)c3C2=O)C(=O)N1. The maximum absolute atomic E-state index is 13.2. The van der Waals surface area contributed by atoms with E-state index < -0.39 is 6.04 Å². The fourth-order valence-electron chi connectivity index (χ4n) is 5.28. The number of nitrogens with zero attached hydrogens (tertiary/aromatic N) is 2. The number of carbonyl (C=O) groups is 3. The summed E-state index contributed by atoms with van der Waals surface area (Å²) in [4.78, 5) is 40.9. The molecule has 0 radical (unpaired) electrons. The molecule has 0 bridgehead atoms. The zero-order chi connectivity index (χ0) is 19.3. The van der Waals surface area contributed by atoms with Gasteiger partial charge in [0.05, 0.1) is 0 Å². The van der Waals surface area contributed by atoms with Crippen LogP contribution >= 0.6 is 0 Å². The number of hydrogen-bond donors (Lipinski definition) is 2. The summed E-state index contributed by atoms with van der Waals surface area (Å²) in [5.74, 6) is -0.688. The first-order valence-corrected chi connectivity index (χ1v) is 10.3. The second kappa shape index (κ2) is 6.67. The van der Waals surface area contributed by atoms with E-state index in [1.807, 2.05) is 18.2 Å². The van der Waals surface area contributed by atoms with Crippen LogP contribution in [-0.4, -0.2) is 58.7 Å². The third-order valence-electron chi connectivity index (χ3n) is 6.67. The molecule has 7 heteroatoms. The highest BCUT2D eigenvalue weighted by Crippen LogP contribution is 2.34. The van der Waals surface area contributed by atoms with Gasteiger partial charge >= 0.3 is 0 Å². The van der Waals surface area contributed by atoms with E-state index >= 15 is 0 Å². The van der Waals surface area contributed by atoms with Gasteiger partial charge in [0.25, 0.3) is 5.91 Å². The number of fused-ring (bicyclic) bond motifs is 1. The van der Waals surface area contributed by atoms with Crippen LogP contribution in [0.3, 0.4) is 0 Å². The first-order valence-electron chi connectivity index (χ1n) is 10.3. The fraction of sp³-hybridized carbons (Fsp3) is 0.571. The molecular weight excluding hydrogens is 356 g/mol. The molecule has 0 aromatic heterocycles. The molecule has 1 aromatic carbocycles. The summed E-state index contributed by atoms with van der Waals surface area (Å²) in [6.07, 6.45) is 4.48. The minimum absolute atomic E-state index is 0.0777. The van der Waals surface area contributed by atoms with Gasteiger partial charge in [-0.05, 0) is 36.9 Å². The maximum Gasteiger partial charge on any atom is 0.255 e. The Bertz CT molecular complexity index is 838. The molecule has 7 nitrogen and oxygen atoms in total. The van der Waals surface area contributed by atoms with Crippen molar-refractivity contribution in [3.8, 4) is 0 Å². The van der Waals surface area contributed by atoms with E-state index in [2.05, 4.69) is 15.5 Å². The van der Waals surface area contributed by atoms with E-state index in [0.717, 1.165) is 42.9 Å². The van der Waals surface area contributed by atoms with Crippen LogP contribution in [0.4, 0.5) is 0 Å². The van der Waals surface area contributed by atoms with Gasteiger partial charge in [-0.25, -0.2) is 0 Å². The Morgan fingerprint density at radius 2 is 2.00 bits per heavy atom. The van der Waals surface area contributed by atoms with Gasteiger partial charge in [0.15, 0.2) is 0 Å². The smallest absolute Gasteiger partial charge is 0.255 e. The van der Waals surface area contributed by atoms with E-state index in [0.29, 0.717) is 13.0 Å². The van der Waals surface area contributed by atoms with Gasteiger partial charge in [-0.15, -0.1) is 0 Å². The zero-order valence-corrected chi connectivity index (χ0v) is 16.0. The number of hydrogen-bond acceptors (Lipinski definition) is 5. The zero-order valence-electron chi connectivity index (χ0n) is 16.0. The standard InChI is InChI=1S/C21H26N4O3/c26-17-7-6-16(19(27)23-17)25-11-15-5-3-4-14(18(15)20(25)28)10-24-12-21(13-24)8-1-2-9-22-21/h3-5,16,22H,1-2,6-13H2,(H,23,26,27). The lowest BCUT2D eigenvalue weighted by atomic mass is 9.81. The van der Waals surface area contributed by atoms with Crippen LogP contribution in [-0.2, 0) is 22.7 Å². The molecule has 1 spiro atoms. The van der Waals surface area contributed by atoms with Crippen LogP contribution < -0.4 is 10.6 Å². The first kappa shape index (κ1) is 17.8. The Morgan fingerprint density at radius 3 is 2.75 bits per heavy atom. The highest BCUT2D eigenvalue weighted by Gasteiger charge is 2.44. The van der Waals surface area contributed by atoms with Crippen molar-refractivity contribution in [2.45, 2.75) is 56.8 Å². The van der Waals surface area contributed by atoms with Crippen LogP contribution in [0.2, 0.25) is 0 Å². The molecule has 28 heavy (non-hydrogen) atoms. The molecule has 1 aromatic rings. The molecule has 4 aliphatic rings. The molecule has 0 aliphatic carbocycles. The molecule has 2 N–H and O–H groups in total. The number of imide groups is 1. The Labute approximate surface area is 164 Å². The molecule has 148 valence electrons. The van der Waals surface area contributed by atoms with Crippen LogP contribution in [0.5, 0.6) is 0 Å². The topological polar surface area (TPSA) is 81.8 Å². The van der Waals surface area contributed by atoms with Gasteiger partial charge in [0.2, 0.25) is 11.8 Å². The van der Waals surface area contributed by atoms with Crippen molar-refractivity contribution in [2.24, 2.45) is 0 Å². The molecular formula is C21H26N4O3. The molecule has 3 saturated heterocycles. The Kier molecular flexibility index (Phi) is 4.25. The highest BCUT2D eigenvalue weighted by atomic mass is 16.2. The van der Waals surface area contributed by atoms with Gasteiger partial charge in [0.1, 0.15) is 6.04 Å². The van der Waals surface area contributed by atoms with Crippen LogP contribution in [0.25, 0.3) is 0 Å². The molecule has 0 saturated carbocycles. The largest absolute Gasteiger partial charge is 0.322 e. The molecule has 1 unspecified atom stereocenters. The van der Waals surface area contributed by atoms with E-state index in [4.69, 9.17) is 0 Å². The summed E-state index contributed by atoms with van der Waals surface area (Å²) >= 11 is 0. The monoisotopic (exact) mass is 382 g/mol. The second-order valence-electron chi connectivity index (χ2n) is 8.66. The minimum atomic E-state index is -0.552. The molecule has 5 rings (SSSR count). The summed E-state index contributed by atoms with van der Waals surface area (Å²) in [6.45, 7) is 4.37. The van der Waals surface area contributed by atoms with Gasteiger partial charge < -0.3 is 10.2 Å². The fourth-order valence-corrected chi connectivity index (χ4v) is 5.28. The van der Waals surface area contributed by atoms with Crippen molar-refractivity contribution < 1.29 is 14.4 Å². The quantitative estimate of drug-likeness (QED) is 0.755. The maximum atomic E-state index is 13.2. The van der Waals surface area contributed by atoms with Crippen molar-refractivity contribution in [1.82, 2.24) is 20.4 Å². The van der Waals surface area contributed by atoms with Crippen molar-refractivity contribution in [3.63, 3.8) is 0 Å². The summed E-state index contributed by atoms with van der Waals surface area (Å²) in [5.41, 5.74) is 3.06. The van der Waals surface area contributed by atoms with Crippen molar-refractivity contribution in [2.75, 3.05) is 19.6 Å². The Balaban J connectivity index is 1.31. The summed E-state index contributed by atoms with van der Waals surface area (Å²) in [6, 6.07) is 5.46. The lowest BCUT2D eigenvalue weighted by Gasteiger charge is -2.53. The lowest BCUT2D eigenvalue weighted by Crippen LogP contribution is -2.69. The first-order chi connectivity index (χ1) is 13.5. The minimum Gasteiger partial charge on any atom is -0.322 e. The summed E-state index contributed by atoms with van der Waals surface area (Å²) < 4.78 is 0. The average Bonchev–Trinajstić information content (AvgIpc) is 2.99. The van der Waals surface area contributed by atoms with Crippen molar-refractivity contribution >= 4 is 17.7 Å². The third-order valence-corrected chi connectivity index (χ3v) is 6.67. The predicted octanol–water partition coefficient (Wildman–Crippen LogP) is 0.776. The molecule has 4 aliphatic heterocycles. The second-order valence-corrected chi connectivity index (χ2v) is 8.66. The predicted molar refractivity (Wildman–Crippen MR) is 102 cm³/mol. The van der Waals surface area contributed by atoms with Crippen LogP contribution in [0.1, 0.15) is 53.6 Å². The van der Waals surface area contributed by atoms with E-state index in [1.165, 1.54) is 19.3 Å². The van der Waals surface area contributed by atoms with E-state index in [-0.39, 0.29) is 29.7 Å². The number of likely N-dealkylation sites (tertiary alicyclic amines) is 1. The number of nitrogens with one attached hydrogen (secondary N) is 2. The van der Waals surface area contributed by atoms with Crippen LogP contribution in [0.15, 0.2) is 18.2 Å². The average molecular weight is 382 g/mol. The lowest BCUT2D eigenvalue weighted by molar-refractivity contribution is -0.136. The van der Waals surface area contributed by atoms with Crippen LogP contribution in [0, 0.1) is 0 Å². The normalized spacial score (nSPS) is 26.9. The summed E-state index contributed by atoms with van der Waals surface area (Å²) in [5, 5.41) is 6.04. The van der Waals surface area contributed by atoms with E-state index in [9.17, 15) is 14.4 Å². The Hall–Kier alpha value is -2.25. The number of benzene rings is 1. The summed E-state index contributed by atoms with van der Waals surface area (Å²) in [7, 11) is 0. The Morgan fingerprint density at radius 1 is 1.14 bits per heavy atom. The molecule has 4 heterocycles. The van der Waals surface area contributed by atoms with Crippen molar-refractivity contribution in [3.05, 3.63) is 34.9 Å². The van der Waals surface area contributed by atoms with Crippen molar-refractivity contribution in [1.29, 1.82) is 0 Å². The molecule has 3 fully saturated rings. The van der Waals surface area contributed by atoms with E-state index in [1.54, 1.807) is 4.90 Å². The number of amides is 3. The number of rotatable bonds is 3.